The van der Waals surface area contributed by atoms with Gasteiger partial charge in [0.25, 0.3) is 0 Å². The number of nitrogen functional groups attached to an aromatic ring is 1. The number of hydrogen-bond donors (Lipinski definition) is 3. The van der Waals surface area contributed by atoms with E-state index in [2.05, 4.69) is 29.2 Å². The molecule has 0 aliphatic heterocycles. The minimum Gasteiger partial charge on any atom is -0.402 e. The van der Waals surface area contributed by atoms with E-state index < -0.39 is 0 Å². The Morgan fingerprint density at radius 1 is 0.679 bits per heavy atom. The van der Waals surface area contributed by atoms with Crippen LogP contribution in [0.4, 0.5) is 22.7 Å². The SMILES string of the molecule is CC(N)=Cc1ccc(N(c2ccc(C=C(C)N)cc2)c2ccccc2N)cc1. The molecule has 0 amide bonds. The second kappa shape index (κ2) is 8.35. The van der Waals surface area contributed by atoms with E-state index in [9.17, 15) is 0 Å². The summed E-state index contributed by atoms with van der Waals surface area (Å²) in [5, 5.41) is 0. The first kappa shape index (κ1) is 19.1. The molecule has 4 heteroatoms. The van der Waals surface area contributed by atoms with Crippen LogP contribution < -0.4 is 22.1 Å². The third kappa shape index (κ3) is 4.54. The summed E-state index contributed by atoms with van der Waals surface area (Å²) >= 11 is 0. The van der Waals surface area contributed by atoms with E-state index in [0.717, 1.165) is 39.6 Å². The summed E-state index contributed by atoms with van der Waals surface area (Å²) in [7, 11) is 0. The summed E-state index contributed by atoms with van der Waals surface area (Å²) in [6, 6.07) is 24.3. The molecule has 4 nitrogen and oxygen atoms in total. The quantitative estimate of drug-likeness (QED) is 0.527. The largest absolute Gasteiger partial charge is 0.402 e. The molecule has 0 heterocycles. The number of rotatable bonds is 5. The molecule has 0 saturated heterocycles. The van der Waals surface area contributed by atoms with Gasteiger partial charge in [0.1, 0.15) is 0 Å². The lowest BCUT2D eigenvalue weighted by molar-refractivity contribution is 1.28. The molecular formula is C24H26N4. The molecule has 0 atom stereocenters. The number of para-hydroxylation sites is 2. The maximum absolute atomic E-state index is 6.29. The van der Waals surface area contributed by atoms with Gasteiger partial charge in [-0.2, -0.15) is 0 Å². The molecule has 0 radical (unpaired) electrons. The van der Waals surface area contributed by atoms with Crippen LogP contribution in [-0.2, 0) is 0 Å². The van der Waals surface area contributed by atoms with Crippen molar-refractivity contribution in [3.05, 3.63) is 95.3 Å². The second-order valence-corrected chi connectivity index (χ2v) is 6.85. The monoisotopic (exact) mass is 370 g/mol. The highest BCUT2D eigenvalue weighted by molar-refractivity contribution is 5.84. The highest BCUT2D eigenvalue weighted by Gasteiger charge is 2.14. The lowest BCUT2D eigenvalue weighted by atomic mass is 10.1. The van der Waals surface area contributed by atoms with Gasteiger partial charge in [0.2, 0.25) is 0 Å². The topological polar surface area (TPSA) is 81.3 Å². The molecule has 0 saturated carbocycles. The Labute approximate surface area is 166 Å². The van der Waals surface area contributed by atoms with E-state index in [0.29, 0.717) is 5.69 Å². The van der Waals surface area contributed by atoms with Crippen LogP contribution in [0.1, 0.15) is 25.0 Å². The number of allylic oxidation sites excluding steroid dienone is 2. The molecule has 0 unspecified atom stereocenters. The second-order valence-electron chi connectivity index (χ2n) is 6.85. The molecule has 0 spiro atoms. The maximum Gasteiger partial charge on any atom is 0.0691 e. The van der Waals surface area contributed by atoms with Crippen LogP contribution in [0.3, 0.4) is 0 Å². The third-order valence-corrected chi connectivity index (χ3v) is 4.27. The highest BCUT2D eigenvalue weighted by Crippen LogP contribution is 2.37. The van der Waals surface area contributed by atoms with E-state index in [1.807, 2.05) is 74.5 Å². The molecule has 142 valence electrons. The summed E-state index contributed by atoms with van der Waals surface area (Å²) < 4.78 is 0. The van der Waals surface area contributed by atoms with Crippen LogP contribution in [0.25, 0.3) is 12.2 Å². The molecule has 3 aromatic carbocycles. The Bertz CT molecular complexity index is 930. The zero-order valence-corrected chi connectivity index (χ0v) is 16.3. The number of benzene rings is 3. The minimum atomic E-state index is 0.714. The summed E-state index contributed by atoms with van der Waals surface area (Å²) in [6.45, 7) is 3.76. The maximum atomic E-state index is 6.29. The summed E-state index contributed by atoms with van der Waals surface area (Å²) in [5.41, 5.74) is 25.2. The van der Waals surface area contributed by atoms with Gasteiger partial charge < -0.3 is 22.1 Å². The van der Waals surface area contributed by atoms with Crippen LogP contribution in [0.5, 0.6) is 0 Å². The number of nitrogens with zero attached hydrogens (tertiary/aromatic N) is 1. The van der Waals surface area contributed by atoms with Crippen LogP contribution in [0, 0.1) is 0 Å². The van der Waals surface area contributed by atoms with Crippen molar-refractivity contribution in [2.24, 2.45) is 11.5 Å². The van der Waals surface area contributed by atoms with E-state index in [4.69, 9.17) is 17.2 Å². The number of anilines is 4. The third-order valence-electron chi connectivity index (χ3n) is 4.27. The zero-order chi connectivity index (χ0) is 20.1. The molecule has 0 aliphatic rings. The highest BCUT2D eigenvalue weighted by atomic mass is 15.1. The van der Waals surface area contributed by atoms with Crippen LogP contribution in [-0.4, -0.2) is 0 Å². The van der Waals surface area contributed by atoms with Crippen molar-refractivity contribution >= 4 is 34.9 Å². The van der Waals surface area contributed by atoms with Crippen molar-refractivity contribution in [3.63, 3.8) is 0 Å². The van der Waals surface area contributed by atoms with Crippen LogP contribution in [0.15, 0.2) is 84.2 Å². The van der Waals surface area contributed by atoms with Crippen molar-refractivity contribution in [1.29, 1.82) is 0 Å². The first-order chi connectivity index (χ1) is 13.4. The first-order valence-corrected chi connectivity index (χ1v) is 9.16. The van der Waals surface area contributed by atoms with E-state index >= 15 is 0 Å². The van der Waals surface area contributed by atoms with Gasteiger partial charge in [-0.25, -0.2) is 0 Å². The van der Waals surface area contributed by atoms with E-state index in [-0.39, 0.29) is 0 Å². The molecule has 3 aromatic rings. The predicted octanol–water partition coefficient (Wildman–Crippen LogP) is 5.38. The molecule has 3 rings (SSSR count). The normalized spacial score (nSPS) is 12.1. The average Bonchev–Trinajstić information content (AvgIpc) is 2.65. The van der Waals surface area contributed by atoms with Gasteiger partial charge in [0, 0.05) is 22.8 Å². The molecule has 0 fully saturated rings. The van der Waals surface area contributed by atoms with Crippen molar-refractivity contribution in [2.75, 3.05) is 10.6 Å². The fourth-order valence-electron chi connectivity index (χ4n) is 3.08. The van der Waals surface area contributed by atoms with Crippen LogP contribution in [0.2, 0.25) is 0 Å². The predicted molar refractivity (Wildman–Crippen MR) is 121 cm³/mol. The standard InChI is InChI=1S/C24H26N4/c1-17(25)15-19-7-11-21(12-8-19)28(24-6-4-3-5-23(24)27)22-13-9-20(10-14-22)16-18(2)26/h3-16H,25-27H2,1-2H3. The molecule has 6 N–H and O–H groups in total. The lowest BCUT2D eigenvalue weighted by Gasteiger charge is -2.27. The van der Waals surface area contributed by atoms with Gasteiger partial charge in [0.15, 0.2) is 0 Å². The molecule has 0 aromatic heterocycles. The smallest absolute Gasteiger partial charge is 0.0691 e. The Balaban J connectivity index is 2.07. The Morgan fingerprint density at radius 2 is 1.11 bits per heavy atom. The minimum absolute atomic E-state index is 0.714. The van der Waals surface area contributed by atoms with Gasteiger partial charge >= 0.3 is 0 Å². The number of hydrogen-bond acceptors (Lipinski definition) is 4. The van der Waals surface area contributed by atoms with Gasteiger partial charge in [-0.15, -0.1) is 0 Å². The summed E-state index contributed by atoms with van der Waals surface area (Å²) in [4.78, 5) is 2.14. The molecule has 0 bridgehead atoms. The lowest BCUT2D eigenvalue weighted by Crippen LogP contribution is -2.11. The molecule has 0 aliphatic carbocycles. The Hall–Kier alpha value is -3.66. The average molecular weight is 371 g/mol. The first-order valence-electron chi connectivity index (χ1n) is 9.16. The van der Waals surface area contributed by atoms with Gasteiger partial charge in [-0.3, -0.25) is 0 Å². The van der Waals surface area contributed by atoms with E-state index in [1.165, 1.54) is 0 Å². The van der Waals surface area contributed by atoms with Crippen LogP contribution >= 0.6 is 0 Å². The fraction of sp³-hybridized carbons (Fsp3) is 0.0833. The molecule has 28 heavy (non-hydrogen) atoms. The van der Waals surface area contributed by atoms with Crippen molar-refractivity contribution in [2.45, 2.75) is 13.8 Å². The Kier molecular flexibility index (Phi) is 5.70. The fourth-order valence-corrected chi connectivity index (χ4v) is 3.08. The summed E-state index contributed by atoms with van der Waals surface area (Å²) in [6.07, 6.45) is 3.89. The van der Waals surface area contributed by atoms with Gasteiger partial charge in [-0.1, -0.05) is 36.4 Å². The van der Waals surface area contributed by atoms with E-state index in [1.54, 1.807) is 0 Å². The number of nitrogens with two attached hydrogens (primary N) is 3. The van der Waals surface area contributed by atoms with Gasteiger partial charge in [0.05, 0.1) is 11.4 Å². The summed E-state index contributed by atoms with van der Waals surface area (Å²) in [5.74, 6) is 0. The Morgan fingerprint density at radius 3 is 1.50 bits per heavy atom. The van der Waals surface area contributed by atoms with Crippen molar-refractivity contribution in [1.82, 2.24) is 0 Å². The molecular weight excluding hydrogens is 344 g/mol. The van der Waals surface area contributed by atoms with Gasteiger partial charge in [-0.05, 0) is 73.5 Å². The zero-order valence-electron chi connectivity index (χ0n) is 16.3. The van der Waals surface area contributed by atoms with Crippen molar-refractivity contribution in [3.8, 4) is 0 Å². The van der Waals surface area contributed by atoms with Crippen molar-refractivity contribution < 1.29 is 0 Å².